The van der Waals surface area contributed by atoms with Gasteiger partial charge < -0.3 is 25.4 Å². The number of hydrogen-bond donors (Lipinski definition) is 3. The molecule has 4 aromatic rings. The lowest BCUT2D eigenvalue weighted by Crippen LogP contribution is -2.85. The van der Waals surface area contributed by atoms with Gasteiger partial charge in [0.15, 0.2) is 0 Å². The van der Waals surface area contributed by atoms with Crippen LogP contribution in [0.4, 0.5) is 13.6 Å². The Balaban J connectivity index is 1.62. The van der Waals surface area contributed by atoms with E-state index >= 15 is 0 Å². The van der Waals surface area contributed by atoms with Crippen LogP contribution in [-0.4, -0.2) is 65.9 Å². The molecule has 2 amide bonds. The molecule has 1 aromatic heterocycles. The van der Waals surface area contributed by atoms with E-state index in [1.807, 2.05) is 36.5 Å². The van der Waals surface area contributed by atoms with E-state index in [1.54, 1.807) is 31.2 Å². The van der Waals surface area contributed by atoms with Gasteiger partial charge in [-0.2, -0.15) is 5.26 Å². The molecule has 2 atom stereocenters. The van der Waals surface area contributed by atoms with Crippen molar-refractivity contribution in [2.24, 2.45) is 0 Å². The number of aromatic nitrogens is 1. The van der Waals surface area contributed by atoms with Crippen molar-refractivity contribution in [1.29, 1.82) is 5.26 Å². The number of unbranched alkanes of at least 4 members (excludes halogenated alkanes) is 1. The monoisotopic (exact) mass is 618 g/mol. The fourth-order valence-corrected chi connectivity index (χ4v) is 5.21. The lowest BCUT2D eigenvalue weighted by atomic mass is 9.99. The van der Waals surface area contributed by atoms with Crippen molar-refractivity contribution in [3.05, 3.63) is 101 Å². The van der Waals surface area contributed by atoms with E-state index < -0.39 is 29.7 Å². The molecule has 0 spiro atoms. The van der Waals surface area contributed by atoms with E-state index in [9.17, 15) is 28.7 Å². The molecule has 0 aliphatic heterocycles. The zero-order chi connectivity index (χ0) is 32.5. The van der Waals surface area contributed by atoms with Crippen molar-refractivity contribution in [2.45, 2.75) is 44.9 Å². The molecule has 4 N–H and O–H groups in total. The van der Waals surface area contributed by atoms with Crippen LogP contribution in [0.5, 0.6) is 5.75 Å². The van der Waals surface area contributed by atoms with Crippen LogP contribution in [0.3, 0.4) is 0 Å². The SMILES string of the molecule is CCCCN(C)C(=O)n1cc(C(=O)N[C@@H](Cc2cc(F)cc(F)c2)[C@H](O)C[NH2+]Cc2cccc(OC)c2)c2cc(C#N)ccc21. The molecule has 11 heteroatoms. The fourth-order valence-electron chi connectivity index (χ4n) is 5.21. The first-order chi connectivity index (χ1) is 21.6. The van der Waals surface area contributed by atoms with Crippen molar-refractivity contribution in [3.8, 4) is 11.8 Å². The summed E-state index contributed by atoms with van der Waals surface area (Å²) in [6, 6.07) is 16.1. The van der Waals surface area contributed by atoms with E-state index in [4.69, 9.17) is 4.74 Å². The van der Waals surface area contributed by atoms with Gasteiger partial charge in [-0.1, -0.05) is 25.5 Å². The zero-order valence-corrected chi connectivity index (χ0v) is 25.6. The first-order valence-corrected chi connectivity index (χ1v) is 14.8. The second-order valence-corrected chi connectivity index (χ2v) is 11.0. The molecule has 9 nitrogen and oxygen atoms in total. The quantitative estimate of drug-likeness (QED) is 0.209. The molecule has 1 heterocycles. The number of aliphatic hydroxyl groups is 1. The topological polar surface area (TPSA) is 124 Å². The molecule has 0 radical (unpaired) electrons. The van der Waals surface area contributed by atoms with Crippen molar-refractivity contribution >= 4 is 22.8 Å². The maximum absolute atomic E-state index is 14.1. The Bertz CT molecular complexity index is 1680. The van der Waals surface area contributed by atoms with Crippen molar-refractivity contribution < 1.29 is 33.5 Å². The second kappa shape index (κ2) is 15.3. The predicted molar refractivity (Wildman–Crippen MR) is 166 cm³/mol. The van der Waals surface area contributed by atoms with Gasteiger partial charge in [-0.25, -0.2) is 13.6 Å². The molecule has 0 aliphatic rings. The normalized spacial score (nSPS) is 12.4. The summed E-state index contributed by atoms with van der Waals surface area (Å²) in [5, 5.41) is 25.9. The number of methoxy groups -OCH3 is 1. The van der Waals surface area contributed by atoms with Crippen LogP contribution in [0, 0.1) is 23.0 Å². The third-order valence-electron chi connectivity index (χ3n) is 7.64. The molecule has 0 saturated carbocycles. The van der Waals surface area contributed by atoms with E-state index in [2.05, 4.69) is 11.4 Å². The van der Waals surface area contributed by atoms with E-state index in [-0.39, 0.29) is 30.1 Å². The number of ether oxygens (including phenoxy) is 1. The number of halogens is 2. The third-order valence-corrected chi connectivity index (χ3v) is 7.64. The summed E-state index contributed by atoms with van der Waals surface area (Å²) in [4.78, 5) is 28.7. The maximum Gasteiger partial charge on any atom is 0.328 e. The van der Waals surface area contributed by atoms with Crippen molar-refractivity contribution in [3.63, 3.8) is 0 Å². The number of nitrogens with two attached hydrogens (primary N) is 1. The summed E-state index contributed by atoms with van der Waals surface area (Å²) >= 11 is 0. The molecular formula is C34H38F2N5O4+. The van der Waals surface area contributed by atoms with Gasteiger partial charge in [-0.15, -0.1) is 0 Å². The lowest BCUT2D eigenvalue weighted by molar-refractivity contribution is -0.676. The number of quaternary nitrogens is 1. The number of fused-ring (bicyclic) bond motifs is 1. The smallest absolute Gasteiger partial charge is 0.328 e. The minimum absolute atomic E-state index is 0.0602. The average Bonchev–Trinajstić information content (AvgIpc) is 3.41. The second-order valence-electron chi connectivity index (χ2n) is 11.0. The number of nitriles is 1. The minimum atomic E-state index is -1.12. The highest BCUT2D eigenvalue weighted by molar-refractivity contribution is 6.09. The molecule has 0 saturated heterocycles. The molecule has 0 aliphatic carbocycles. The van der Waals surface area contributed by atoms with Crippen LogP contribution in [0.25, 0.3) is 10.9 Å². The van der Waals surface area contributed by atoms with Crippen molar-refractivity contribution in [2.75, 3.05) is 27.2 Å². The first-order valence-electron chi connectivity index (χ1n) is 14.8. The Labute approximate surface area is 261 Å². The highest BCUT2D eigenvalue weighted by atomic mass is 19.1. The largest absolute Gasteiger partial charge is 0.497 e. The molecule has 0 unspecified atom stereocenters. The Hall–Kier alpha value is -4.79. The van der Waals surface area contributed by atoms with Gasteiger partial charge >= 0.3 is 6.03 Å². The van der Waals surface area contributed by atoms with E-state index in [1.165, 1.54) is 16.8 Å². The summed E-state index contributed by atoms with van der Waals surface area (Å²) in [5.41, 5.74) is 2.10. The molecule has 45 heavy (non-hydrogen) atoms. The van der Waals surface area contributed by atoms with Crippen LogP contribution in [-0.2, 0) is 13.0 Å². The highest BCUT2D eigenvalue weighted by Crippen LogP contribution is 2.24. The highest BCUT2D eigenvalue weighted by Gasteiger charge is 2.27. The molecule has 0 fully saturated rings. The minimum Gasteiger partial charge on any atom is -0.497 e. The molecule has 3 aromatic carbocycles. The van der Waals surface area contributed by atoms with Gasteiger partial charge in [0.2, 0.25) is 0 Å². The number of amides is 2. The van der Waals surface area contributed by atoms with Gasteiger partial charge in [0, 0.05) is 36.8 Å². The van der Waals surface area contributed by atoms with Crippen LogP contribution in [0.2, 0.25) is 0 Å². The summed E-state index contributed by atoms with van der Waals surface area (Å²) in [6.07, 6.45) is 1.96. The number of nitrogens with zero attached hydrogens (tertiary/aromatic N) is 3. The number of nitrogens with one attached hydrogen (secondary N) is 1. The fraction of sp³-hybridized carbons (Fsp3) is 0.324. The Kier molecular flexibility index (Phi) is 11.2. The van der Waals surface area contributed by atoms with Gasteiger partial charge in [0.1, 0.15) is 36.6 Å². The van der Waals surface area contributed by atoms with Crippen LogP contribution < -0.4 is 15.4 Å². The molecule has 236 valence electrons. The first kappa shape index (κ1) is 33.1. The number of carbonyl (C=O) groups excluding carboxylic acids is 2. The molecule has 4 rings (SSSR count). The zero-order valence-electron chi connectivity index (χ0n) is 25.6. The predicted octanol–water partition coefficient (Wildman–Crippen LogP) is 3.97. The Morgan fingerprint density at radius 3 is 2.56 bits per heavy atom. The lowest BCUT2D eigenvalue weighted by Gasteiger charge is -2.23. The standard InChI is InChI=1S/C34H37F2N5O4/c1-4-5-11-40(2)34(44)41-21-29(28-15-22(18-37)9-10-31(28)41)33(43)39-30(16-24-12-25(35)17-26(36)13-24)32(42)20-38-19-23-7-6-8-27(14-23)45-3/h6-10,12-15,17,21,30,32,38,42H,4-5,11,16,19-20H2,1-3H3,(H,39,43)/p+1/t30-,32+/m0/s1. The number of hydrogen-bond acceptors (Lipinski definition) is 5. The maximum atomic E-state index is 14.1. The number of benzene rings is 3. The van der Waals surface area contributed by atoms with Gasteiger partial charge in [-0.3, -0.25) is 9.36 Å². The summed E-state index contributed by atoms with van der Waals surface area (Å²) in [5.74, 6) is -1.45. The summed E-state index contributed by atoms with van der Waals surface area (Å²) in [7, 11) is 3.26. The molecular weight excluding hydrogens is 580 g/mol. The number of aliphatic hydroxyl groups excluding tert-OH is 1. The summed E-state index contributed by atoms with van der Waals surface area (Å²) < 4.78 is 34.7. The van der Waals surface area contributed by atoms with Gasteiger partial charge in [0.25, 0.3) is 5.91 Å². The van der Waals surface area contributed by atoms with Crippen LogP contribution in [0.15, 0.2) is 66.9 Å². The van der Waals surface area contributed by atoms with Gasteiger partial charge in [0.05, 0.1) is 35.9 Å². The van der Waals surface area contributed by atoms with Crippen LogP contribution in [0.1, 0.15) is 46.8 Å². The van der Waals surface area contributed by atoms with E-state index in [0.29, 0.717) is 35.3 Å². The number of carbonyl (C=O) groups is 2. The van der Waals surface area contributed by atoms with Gasteiger partial charge in [-0.05, 0) is 60.9 Å². The third kappa shape index (κ3) is 8.44. The summed E-state index contributed by atoms with van der Waals surface area (Å²) in [6.45, 7) is 3.23. The number of rotatable bonds is 13. The average molecular weight is 619 g/mol. The Morgan fingerprint density at radius 2 is 1.87 bits per heavy atom. The van der Waals surface area contributed by atoms with E-state index in [0.717, 1.165) is 36.6 Å². The molecule has 0 bridgehead atoms. The Morgan fingerprint density at radius 1 is 1.11 bits per heavy atom. The van der Waals surface area contributed by atoms with Crippen molar-refractivity contribution in [1.82, 2.24) is 14.8 Å². The van der Waals surface area contributed by atoms with Crippen LogP contribution >= 0.6 is 0 Å².